The van der Waals surface area contributed by atoms with Crippen LogP contribution < -0.4 is 4.90 Å². The highest BCUT2D eigenvalue weighted by Gasteiger charge is 2.16. The minimum atomic E-state index is 0.0749. The number of hydrogen-bond acceptors (Lipinski definition) is 4. The van der Waals surface area contributed by atoms with Crippen LogP contribution >= 0.6 is 0 Å². The predicted octanol–water partition coefficient (Wildman–Crippen LogP) is 0.148. The Bertz CT molecular complexity index is 622. The van der Waals surface area contributed by atoms with Crippen molar-refractivity contribution in [2.75, 3.05) is 27.7 Å². The molecule has 0 saturated heterocycles. The Kier molecular flexibility index (Phi) is 4.70. The van der Waals surface area contributed by atoms with E-state index in [0.717, 1.165) is 16.0 Å². The number of nitrogens with zero attached hydrogens (tertiary/aromatic N) is 3. The molecule has 1 unspecified atom stereocenters. The summed E-state index contributed by atoms with van der Waals surface area (Å²) in [5.41, 5.74) is 2.06. The number of hydrogen-bond donors (Lipinski definition) is 1. The minimum Gasteiger partial charge on any atom is -0.415 e. The van der Waals surface area contributed by atoms with E-state index in [2.05, 4.69) is 10.2 Å². The lowest BCUT2D eigenvalue weighted by atomic mass is 10.1. The predicted molar refractivity (Wildman–Crippen MR) is 78.6 cm³/mol. The molecule has 0 saturated carbocycles. The number of carbonyl (C=O) groups excluding carboxylic acids is 1. The molecular formula is C15H21N4O2+. The van der Waals surface area contributed by atoms with Gasteiger partial charge in [-0.2, -0.15) is 0 Å². The van der Waals surface area contributed by atoms with Gasteiger partial charge in [0.15, 0.2) is 13.1 Å². The first-order chi connectivity index (χ1) is 9.95. The average Bonchev–Trinajstić information content (AvgIpc) is 2.86. The second-order valence-corrected chi connectivity index (χ2v) is 5.47. The van der Waals surface area contributed by atoms with Crippen LogP contribution in [0.5, 0.6) is 0 Å². The summed E-state index contributed by atoms with van der Waals surface area (Å²) in [7, 11) is 5.42. The highest BCUT2D eigenvalue weighted by Crippen LogP contribution is 2.18. The van der Waals surface area contributed by atoms with Gasteiger partial charge < -0.3 is 14.2 Å². The van der Waals surface area contributed by atoms with Crippen LogP contribution in [-0.4, -0.2) is 48.7 Å². The van der Waals surface area contributed by atoms with E-state index < -0.39 is 0 Å². The summed E-state index contributed by atoms with van der Waals surface area (Å²) in [6.07, 6.45) is 0. The third-order valence-electron chi connectivity index (χ3n) is 3.14. The van der Waals surface area contributed by atoms with Crippen LogP contribution in [-0.2, 0) is 11.3 Å². The summed E-state index contributed by atoms with van der Waals surface area (Å²) in [5, 5.41) is 8.12. The van der Waals surface area contributed by atoms with Crippen molar-refractivity contribution in [2.45, 2.75) is 13.5 Å². The largest absolute Gasteiger partial charge is 0.415 e. The third kappa shape index (κ3) is 4.13. The van der Waals surface area contributed by atoms with Gasteiger partial charge in [-0.1, -0.05) is 17.7 Å². The number of likely N-dealkylation sites (N-methyl/N-ethyl adjacent to an activating group) is 2. The topological polar surface area (TPSA) is 63.7 Å². The molecule has 112 valence electrons. The number of carbonyl (C=O) groups is 1. The quantitative estimate of drug-likeness (QED) is 0.851. The highest BCUT2D eigenvalue weighted by molar-refractivity contribution is 5.76. The van der Waals surface area contributed by atoms with Crippen LogP contribution in [0.25, 0.3) is 11.5 Å². The van der Waals surface area contributed by atoms with E-state index in [-0.39, 0.29) is 5.91 Å². The molecule has 0 radical (unpaired) electrons. The Hall–Kier alpha value is -2.21. The summed E-state index contributed by atoms with van der Waals surface area (Å²) >= 11 is 0. The van der Waals surface area contributed by atoms with Gasteiger partial charge in [-0.3, -0.25) is 4.79 Å². The molecular weight excluding hydrogens is 268 g/mol. The lowest BCUT2D eigenvalue weighted by molar-refractivity contribution is -0.887. The Morgan fingerprint density at radius 2 is 2.10 bits per heavy atom. The first kappa shape index (κ1) is 15.2. The molecule has 0 aliphatic heterocycles. The molecule has 1 atom stereocenters. The highest BCUT2D eigenvalue weighted by atomic mass is 16.4. The summed E-state index contributed by atoms with van der Waals surface area (Å²) in [6, 6.07) is 7.92. The number of rotatable bonds is 5. The lowest BCUT2D eigenvalue weighted by Gasteiger charge is -2.14. The van der Waals surface area contributed by atoms with Crippen LogP contribution in [0.15, 0.2) is 28.7 Å². The van der Waals surface area contributed by atoms with Crippen LogP contribution in [0, 0.1) is 6.92 Å². The van der Waals surface area contributed by atoms with E-state index in [9.17, 15) is 4.79 Å². The zero-order valence-corrected chi connectivity index (χ0v) is 12.9. The van der Waals surface area contributed by atoms with Gasteiger partial charge in [0.25, 0.3) is 11.8 Å². The van der Waals surface area contributed by atoms with E-state index in [4.69, 9.17) is 4.42 Å². The van der Waals surface area contributed by atoms with Gasteiger partial charge in [0.05, 0.1) is 7.05 Å². The molecule has 1 N–H and O–H groups in total. The molecule has 1 aromatic heterocycles. The van der Waals surface area contributed by atoms with Crippen molar-refractivity contribution in [3.05, 3.63) is 35.7 Å². The standard InChI is InChI=1S/C15H20N4O2/c1-11-6-5-7-12(8-11)15-17-16-13(21-15)9-19(4)10-14(20)18(2)3/h5-8H,9-10H2,1-4H3/p+1. The van der Waals surface area contributed by atoms with Gasteiger partial charge in [-0.05, 0) is 19.1 Å². The monoisotopic (exact) mass is 289 g/mol. The molecule has 2 aromatic rings. The smallest absolute Gasteiger partial charge is 0.277 e. The fourth-order valence-electron chi connectivity index (χ4n) is 1.96. The van der Waals surface area contributed by atoms with E-state index in [1.54, 1.807) is 19.0 Å². The van der Waals surface area contributed by atoms with Crippen LogP contribution in [0.4, 0.5) is 0 Å². The SMILES string of the molecule is Cc1cccc(-c2nnc(C[NH+](C)CC(=O)N(C)C)o2)c1. The van der Waals surface area contributed by atoms with Crippen molar-refractivity contribution in [1.82, 2.24) is 15.1 Å². The average molecular weight is 289 g/mol. The molecule has 21 heavy (non-hydrogen) atoms. The molecule has 1 amide bonds. The Morgan fingerprint density at radius 3 is 2.76 bits per heavy atom. The van der Waals surface area contributed by atoms with Crippen molar-refractivity contribution in [2.24, 2.45) is 0 Å². The zero-order valence-electron chi connectivity index (χ0n) is 12.9. The minimum absolute atomic E-state index is 0.0749. The van der Waals surface area contributed by atoms with Crippen molar-refractivity contribution < 1.29 is 14.1 Å². The van der Waals surface area contributed by atoms with Gasteiger partial charge in [-0.15, -0.1) is 10.2 Å². The molecule has 0 fully saturated rings. The fourth-order valence-corrected chi connectivity index (χ4v) is 1.96. The zero-order chi connectivity index (χ0) is 15.4. The second-order valence-electron chi connectivity index (χ2n) is 5.47. The lowest BCUT2D eigenvalue weighted by Crippen LogP contribution is -3.08. The van der Waals surface area contributed by atoms with Crippen molar-refractivity contribution in [1.29, 1.82) is 0 Å². The molecule has 6 nitrogen and oxygen atoms in total. The van der Waals surface area contributed by atoms with Gasteiger partial charge in [0, 0.05) is 19.7 Å². The molecule has 0 bridgehead atoms. The summed E-state index contributed by atoms with van der Waals surface area (Å²) in [5.74, 6) is 1.13. The van der Waals surface area contributed by atoms with Gasteiger partial charge in [-0.25, -0.2) is 0 Å². The number of aromatic nitrogens is 2. The molecule has 0 spiro atoms. The molecule has 1 aromatic carbocycles. The van der Waals surface area contributed by atoms with Crippen LogP contribution in [0.1, 0.15) is 11.5 Å². The van der Waals surface area contributed by atoms with Crippen LogP contribution in [0.3, 0.4) is 0 Å². The van der Waals surface area contributed by atoms with Gasteiger partial charge >= 0.3 is 0 Å². The maximum atomic E-state index is 11.6. The van der Waals surface area contributed by atoms with Crippen molar-refractivity contribution in [3.8, 4) is 11.5 Å². The summed E-state index contributed by atoms with van der Waals surface area (Å²) in [6.45, 7) is 2.94. The number of benzene rings is 1. The molecule has 2 rings (SSSR count). The molecule has 6 heteroatoms. The normalized spacial score (nSPS) is 12.2. The fraction of sp³-hybridized carbons (Fsp3) is 0.400. The first-order valence-electron chi connectivity index (χ1n) is 6.86. The van der Waals surface area contributed by atoms with Crippen LogP contribution in [0.2, 0.25) is 0 Å². The third-order valence-corrected chi connectivity index (χ3v) is 3.14. The first-order valence-corrected chi connectivity index (χ1v) is 6.86. The van der Waals surface area contributed by atoms with E-state index >= 15 is 0 Å². The van der Waals surface area contributed by atoms with E-state index in [1.807, 2.05) is 38.2 Å². The number of amides is 1. The summed E-state index contributed by atoms with van der Waals surface area (Å²) < 4.78 is 5.67. The Balaban J connectivity index is 2.02. The molecule has 1 heterocycles. The van der Waals surface area contributed by atoms with Gasteiger partial charge in [0.2, 0.25) is 5.89 Å². The number of nitrogens with one attached hydrogen (secondary N) is 1. The Labute approximate surface area is 124 Å². The maximum Gasteiger partial charge on any atom is 0.277 e. The Morgan fingerprint density at radius 1 is 1.33 bits per heavy atom. The van der Waals surface area contributed by atoms with E-state index in [1.165, 1.54) is 0 Å². The molecule has 0 aliphatic carbocycles. The van der Waals surface area contributed by atoms with Crippen molar-refractivity contribution >= 4 is 5.91 Å². The van der Waals surface area contributed by atoms with Crippen molar-refractivity contribution in [3.63, 3.8) is 0 Å². The van der Waals surface area contributed by atoms with E-state index in [0.29, 0.717) is 24.9 Å². The second kappa shape index (κ2) is 6.49. The maximum absolute atomic E-state index is 11.6. The number of quaternary nitrogens is 1. The number of aryl methyl sites for hydroxylation is 1. The summed E-state index contributed by atoms with van der Waals surface area (Å²) in [4.78, 5) is 14.2. The molecule has 0 aliphatic rings. The van der Waals surface area contributed by atoms with Gasteiger partial charge in [0.1, 0.15) is 0 Å².